The van der Waals surface area contributed by atoms with Gasteiger partial charge >= 0.3 is 6.36 Å². The Bertz CT molecular complexity index is 1080. The van der Waals surface area contributed by atoms with Crippen LogP contribution in [0.4, 0.5) is 19.0 Å². The van der Waals surface area contributed by atoms with Crippen molar-refractivity contribution in [3.05, 3.63) is 71.9 Å². The first-order valence-electron chi connectivity index (χ1n) is 10.3. The molecular weight excluding hydrogens is 437 g/mol. The highest BCUT2D eigenvalue weighted by atomic mass is 19.4. The predicted octanol–water partition coefficient (Wildman–Crippen LogP) is 4.44. The maximum absolute atomic E-state index is 12.8. The lowest BCUT2D eigenvalue weighted by molar-refractivity contribution is -0.274. The minimum atomic E-state index is -4.74. The third-order valence-electron chi connectivity index (χ3n) is 5.07. The lowest BCUT2D eigenvalue weighted by atomic mass is 10.1. The van der Waals surface area contributed by atoms with Gasteiger partial charge in [-0.3, -0.25) is 4.79 Å². The molecule has 0 unspecified atom stereocenters. The predicted molar refractivity (Wildman–Crippen MR) is 115 cm³/mol. The zero-order chi connectivity index (χ0) is 23.4. The molecule has 3 aromatic rings. The third-order valence-corrected chi connectivity index (χ3v) is 5.07. The molecule has 7 nitrogen and oxygen atoms in total. The van der Waals surface area contributed by atoms with Gasteiger partial charge in [-0.25, -0.2) is 0 Å². The molecule has 1 aromatic heterocycles. The van der Waals surface area contributed by atoms with Crippen molar-refractivity contribution >= 4 is 11.7 Å². The zero-order valence-electron chi connectivity index (χ0n) is 17.7. The van der Waals surface area contributed by atoms with E-state index >= 15 is 0 Å². The third kappa shape index (κ3) is 5.91. The van der Waals surface area contributed by atoms with E-state index in [0.717, 1.165) is 11.5 Å². The number of amides is 1. The summed E-state index contributed by atoms with van der Waals surface area (Å²) in [5.41, 5.74) is 1.38. The Morgan fingerprint density at radius 3 is 1.94 bits per heavy atom. The van der Waals surface area contributed by atoms with Crippen molar-refractivity contribution in [1.29, 1.82) is 0 Å². The topological polar surface area (TPSA) is 67.8 Å². The van der Waals surface area contributed by atoms with E-state index < -0.39 is 6.36 Å². The maximum Gasteiger partial charge on any atom is 0.573 e. The van der Waals surface area contributed by atoms with Crippen LogP contribution in [-0.2, 0) is 0 Å². The van der Waals surface area contributed by atoms with Crippen molar-refractivity contribution in [3.63, 3.8) is 0 Å². The Hall–Kier alpha value is -3.82. The van der Waals surface area contributed by atoms with Gasteiger partial charge in [0, 0.05) is 31.7 Å². The van der Waals surface area contributed by atoms with Crippen LogP contribution in [0.2, 0.25) is 0 Å². The summed E-state index contributed by atoms with van der Waals surface area (Å²) in [6.45, 7) is 4.35. The summed E-state index contributed by atoms with van der Waals surface area (Å²) in [4.78, 5) is 16.7. The molecule has 4 rings (SSSR count). The first kappa shape index (κ1) is 22.4. The Morgan fingerprint density at radius 1 is 0.818 bits per heavy atom. The molecule has 1 saturated heterocycles. The fourth-order valence-corrected chi connectivity index (χ4v) is 3.39. The summed E-state index contributed by atoms with van der Waals surface area (Å²) in [5.74, 6) is 1.19. The number of rotatable bonds is 5. The molecule has 1 amide bonds. The zero-order valence-corrected chi connectivity index (χ0v) is 17.7. The van der Waals surface area contributed by atoms with Crippen LogP contribution >= 0.6 is 0 Å². The molecule has 0 radical (unpaired) electrons. The summed E-state index contributed by atoms with van der Waals surface area (Å²) >= 11 is 0. The minimum absolute atomic E-state index is 0.0788. The van der Waals surface area contributed by atoms with Crippen LogP contribution in [0.1, 0.15) is 16.1 Å². The van der Waals surface area contributed by atoms with Crippen molar-refractivity contribution < 1.29 is 27.4 Å². The molecule has 33 heavy (non-hydrogen) atoms. The number of carbonyl (C=O) groups is 1. The van der Waals surface area contributed by atoms with Crippen molar-refractivity contribution in [2.45, 2.75) is 13.3 Å². The molecule has 10 heteroatoms. The maximum atomic E-state index is 12.8. The van der Waals surface area contributed by atoms with E-state index in [-0.39, 0.29) is 11.7 Å². The van der Waals surface area contributed by atoms with Crippen molar-refractivity contribution in [1.82, 2.24) is 15.1 Å². The first-order chi connectivity index (χ1) is 15.8. The number of nitrogens with zero attached hydrogens (tertiary/aromatic N) is 4. The fourth-order valence-electron chi connectivity index (χ4n) is 3.39. The lowest BCUT2D eigenvalue weighted by Gasteiger charge is -2.35. The van der Waals surface area contributed by atoms with Gasteiger partial charge in [-0.15, -0.1) is 18.3 Å². The molecule has 1 aliphatic rings. The number of aromatic nitrogens is 2. The largest absolute Gasteiger partial charge is 0.573 e. The molecule has 0 N–H and O–H groups in total. The van der Waals surface area contributed by atoms with Gasteiger partial charge in [0.15, 0.2) is 5.82 Å². The normalized spacial score (nSPS) is 14.2. The molecule has 2 aromatic carbocycles. The highest BCUT2D eigenvalue weighted by Crippen LogP contribution is 2.27. The highest BCUT2D eigenvalue weighted by molar-refractivity contribution is 5.94. The summed E-state index contributed by atoms with van der Waals surface area (Å²) in [7, 11) is 0. The van der Waals surface area contributed by atoms with E-state index in [2.05, 4.69) is 19.8 Å². The second kappa shape index (κ2) is 9.35. The van der Waals surface area contributed by atoms with Gasteiger partial charge in [0.05, 0.1) is 5.69 Å². The van der Waals surface area contributed by atoms with Crippen LogP contribution in [-0.4, -0.2) is 53.5 Å². The molecule has 1 aliphatic heterocycles. The van der Waals surface area contributed by atoms with Crippen molar-refractivity contribution in [2.24, 2.45) is 0 Å². The van der Waals surface area contributed by atoms with Crippen LogP contribution < -0.4 is 14.4 Å². The number of alkyl halides is 3. The highest BCUT2D eigenvalue weighted by Gasteiger charge is 2.31. The molecule has 0 bridgehead atoms. The molecular formula is C23H21F3N4O3. The van der Waals surface area contributed by atoms with Gasteiger partial charge in [0.2, 0.25) is 0 Å². The summed E-state index contributed by atoms with van der Waals surface area (Å²) in [6, 6.07) is 15.5. The number of benzene rings is 2. The number of anilines is 1. The van der Waals surface area contributed by atoms with Gasteiger partial charge in [-0.2, -0.15) is 5.10 Å². The molecule has 0 saturated carbocycles. The Balaban J connectivity index is 1.31. The average Bonchev–Trinajstić information content (AvgIpc) is 2.80. The van der Waals surface area contributed by atoms with E-state index in [1.807, 2.05) is 19.1 Å². The van der Waals surface area contributed by atoms with Gasteiger partial charge in [0.25, 0.3) is 5.91 Å². The number of halogens is 3. The van der Waals surface area contributed by atoms with Gasteiger partial charge < -0.3 is 19.3 Å². The second-order valence-electron chi connectivity index (χ2n) is 7.46. The lowest BCUT2D eigenvalue weighted by Crippen LogP contribution is -2.49. The number of ether oxygens (including phenoxy) is 2. The number of piperazine rings is 1. The van der Waals surface area contributed by atoms with Crippen LogP contribution in [0, 0.1) is 6.92 Å². The SMILES string of the molecule is Cc1ccc(N2CCN(C(=O)c3ccc(Oc4ccc(OC(F)(F)F)cc4)cc3)CC2)nn1. The number of carbonyl (C=O) groups excluding carboxylic acids is 1. The number of hydrogen-bond donors (Lipinski definition) is 0. The standard InChI is InChI=1S/C23H21F3N4O3/c1-16-2-11-21(28-27-16)29-12-14-30(15-13-29)22(31)17-3-5-18(6-4-17)32-19-7-9-20(10-8-19)33-23(24,25)26/h2-11H,12-15H2,1H3. The average molecular weight is 458 g/mol. The van der Waals surface area contributed by atoms with Crippen LogP contribution in [0.5, 0.6) is 17.2 Å². The quantitative estimate of drug-likeness (QED) is 0.563. The van der Waals surface area contributed by atoms with E-state index in [0.29, 0.717) is 43.2 Å². The molecule has 2 heterocycles. The second-order valence-corrected chi connectivity index (χ2v) is 7.46. The summed E-state index contributed by atoms with van der Waals surface area (Å²) in [5, 5.41) is 8.27. The minimum Gasteiger partial charge on any atom is -0.457 e. The van der Waals surface area contributed by atoms with E-state index in [1.165, 1.54) is 24.3 Å². The summed E-state index contributed by atoms with van der Waals surface area (Å²) < 4.78 is 46.2. The molecule has 1 fully saturated rings. The number of aryl methyl sites for hydroxylation is 1. The Labute approximate surface area is 188 Å². The van der Waals surface area contributed by atoms with E-state index in [4.69, 9.17) is 4.74 Å². The van der Waals surface area contributed by atoms with E-state index in [9.17, 15) is 18.0 Å². The van der Waals surface area contributed by atoms with Crippen molar-refractivity contribution in [3.8, 4) is 17.2 Å². The van der Waals surface area contributed by atoms with Crippen LogP contribution in [0.3, 0.4) is 0 Å². The monoisotopic (exact) mass is 458 g/mol. The molecule has 0 atom stereocenters. The van der Waals surface area contributed by atoms with Crippen LogP contribution in [0.25, 0.3) is 0 Å². The Morgan fingerprint density at radius 2 is 1.39 bits per heavy atom. The van der Waals surface area contributed by atoms with Crippen LogP contribution in [0.15, 0.2) is 60.7 Å². The smallest absolute Gasteiger partial charge is 0.457 e. The van der Waals surface area contributed by atoms with Gasteiger partial charge in [-0.05, 0) is 67.6 Å². The van der Waals surface area contributed by atoms with Gasteiger partial charge in [0.1, 0.15) is 17.2 Å². The number of hydrogen-bond acceptors (Lipinski definition) is 6. The first-order valence-corrected chi connectivity index (χ1v) is 10.3. The van der Waals surface area contributed by atoms with Crippen molar-refractivity contribution in [2.75, 3.05) is 31.1 Å². The fraction of sp³-hybridized carbons (Fsp3) is 0.261. The Kier molecular flexibility index (Phi) is 6.34. The van der Waals surface area contributed by atoms with Gasteiger partial charge in [-0.1, -0.05) is 0 Å². The molecule has 0 aliphatic carbocycles. The molecule has 172 valence electrons. The summed E-state index contributed by atoms with van der Waals surface area (Å²) in [6.07, 6.45) is -4.74. The van der Waals surface area contributed by atoms with E-state index in [1.54, 1.807) is 29.2 Å². The molecule has 0 spiro atoms.